The van der Waals surface area contributed by atoms with E-state index in [1.807, 2.05) is 22.9 Å². The molecule has 0 radical (unpaired) electrons. The topological polar surface area (TPSA) is 46.8 Å². The lowest BCUT2D eigenvalue weighted by molar-refractivity contribution is 0.196. The van der Waals surface area contributed by atoms with E-state index in [0.29, 0.717) is 16.0 Å². The van der Waals surface area contributed by atoms with Crippen molar-refractivity contribution in [3.05, 3.63) is 45.7 Å². The molecule has 0 spiro atoms. The lowest BCUT2D eigenvalue weighted by atomic mass is 9.86. The molecule has 7 heteroatoms. The second kappa shape index (κ2) is 8.72. The fourth-order valence-electron chi connectivity index (χ4n) is 3.29. The number of rotatable bonds is 6. The van der Waals surface area contributed by atoms with Crippen LogP contribution in [0.2, 0.25) is 10.0 Å². The Labute approximate surface area is 172 Å². The number of benzene rings is 1. The van der Waals surface area contributed by atoms with Gasteiger partial charge in [-0.25, -0.2) is 4.68 Å². The summed E-state index contributed by atoms with van der Waals surface area (Å²) in [6, 6.07) is 5.59. The minimum absolute atomic E-state index is 0.0320. The molecule has 0 bridgehead atoms. The van der Waals surface area contributed by atoms with Crippen LogP contribution in [0.1, 0.15) is 58.1 Å². The molecule has 0 N–H and O–H groups in total. The number of allylic oxidation sites excluding steroid dienone is 1. The van der Waals surface area contributed by atoms with Crippen molar-refractivity contribution in [3.8, 4) is 0 Å². The van der Waals surface area contributed by atoms with Crippen molar-refractivity contribution in [2.24, 2.45) is 11.3 Å². The summed E-state index contributed by atoms with van der Waals surface area (Å²) in [5.41, 5.74) is 0.825. The maximum atomic E-state index is 6.33. The van der Waals surface area contributed by atoms with Crippen molar-refractivity contribution in [2.45, 2.75) is 46.7 Å². The van der Waals surface area contributed by atoms with Crippen LogP contribution in [0.15, 0.2) is 24.3 Å². The molecule has 1 aromatic heterocycles. The van der Waals surface area contributed by atoms with Gasteiger partial charge < -0.3 is 0 Å². The molecule has 27 heavy (non-hydrogen) atoms. The first kappa shape index (κ1) is 21.9. The summed E-state index contributed by atoms with van der Waals surface area (Å²) in [6.07, 6.45) is 4.13. The average molecular weight is 410 g/mol. The summed E-state index contributed by atoms with van der Waals surface area (Å²) < 4.78 is 1.94. The van der Waals surface area contributed by atoms with Gasteiger partial charge in [0.15, 0.2) is 5.82 Å². The fraction of sp³-hybridized carbons (Fsp3) is 0.550. The molecular weight excluding hydrogens is 381 g/mol. The highest BCUT2D eigenvalue weighted by Gasteiger charge is 2.32. The molecule has 0 unspecified atom stereocenters. The Balaban J connectivity index is 2.47. The number of hydrogen-bond donors (Lipinski definition) is 0. The van der Waals surface area contributed by atoms with Gasteiger partial charge in [0.2, 0.25) is 0 Å². The second-order valence-corrected chi connectivity index (χ2v) is 9.31. The Bertz CT molecular complexity index is 782. The Morgan fingerprint density at radius 2 is 1.81 bits per heavy atom. The van der Waals surface area contributed by atoms with Crippen molar-refractivity contribution < 1.29 is 0 Å². The molecule has 2 rings (SSSR count). The third-order valence-electron chi connectivity index (χ3n) is 4.54. The third-order valence-corrected chi connectivity index (χ3v) is 5.10. The first-order chi connectivity index (χ1) is 12.5. The van der Waals surface area contributed by atoms with Crippen molar-refractivity contribution in [1.82, 2.24) is 25.1 Å². The molecule has 1 heterocycles. The maximum absolute atomic E-state index is 6.33. The number of halogens is 2. The van der Waals surface area contributed by atoms with Crippen LogP contribution >= 0.6 is 23.2 Å². The summed E-state index contributed by atoms with van der Waals surface area (Å²) in [7, 11) is 4.11. The highest BCUT2D eigenvalue weighted by Crippen LogP contribution is 2.35. The molecule has 0 amide bonds. The van der Waals surface area contributed by atoms with Crippen molar-refractivity contribution in [1.29, 1.82) is 0 Å². The first-order valence-electron chi connectivity index (χ1n) is 9.09. The molecule has 0 fully saturated rings. The third kappa shape index (κ3) is 5.31. The molecule has 0 aliphatic carbocycles. The van der Waals surface area contributed by atoms with Crippen LogP contribution in [0.4, 0.5) is 0 Å². The predicted molar refractivity (Wildman–Crippen MR) is 113 cm³/mol. The van der Waals surface area contributed by atoms with E-state index in [1.54, 1.807) is 6.07 Å². The predicted octanol–water partition coefficient (Wildman–Crippen LogP) is 5.54. The number of nitrogens with zero attached hydrogens (tertiary/aromatic N) is 5. The molecule has 0 aliphatic rings. The van der Waals surface area contributed by atoms with Crippen LogP contribution in [-0.4, -0.2) is 39.2 Å². The van der Waals surface area contributed by atoms with Crippen molar-refractivity contribution >= 4 is 29.3 Å². The lowest BCUT2D eigenvalue weighted by Gasteiger charge is -2.32. The largest absolute Gasteiger partial charge is 0.299 e. The standard InChI is InChI=1S/C20H29Cl2N5/c1-13(2)18(26(6)7)19-23-24-25-27(19)17(20(3,4)5)11-9-14-8-10-15(21)12-16(14)22/h8-13,17-18H,1-7H3/b11-9+/t17-,18-/m1/s1. The van der Waals surface area contributed by atoms with Crippen LogP contribution in [0.25, 0.3) is 6.08 Å². The summed E-state index contributed by atoms with van der Waals surface area (Å²) in [5.74, 6) is 1.24. The Kier molecular flexibility index (Phi) is 7.06. The van der Waals surface area contributed by atoms with Crippen molar-refractivity contribution in [3.63, 3.8) is 0 Å². The smallest absolute Gasteiger partial charge is 0.169 e. The minimum atomic E-state index is -0.0899. The van der Waals surface area contributed by atoms with Gasteiger partial charge in [-0.05, 0) is 53.6 Å². The van der Waals surface area contributed by atoms with E-state index in [2.05, 4.69) is 75.2 Å². The average Bonchev–Trinajstić information content (AvgIpc) is 2.96. The maximum Gasteiger partial charge on any atom is 0.169 e. The second-order valence-electron chi connectivity index (χ2n) is 8.47. The highest BCUT2D eigenvalue weighted by molar-refractivity contribution is 6.35. The molecule has 0 aliphatic heterocycles. The zero-order valence-corrected chi connectivity index (χ0v) is 18.6. The summed E-state index contributed by atoms with van der Waals surface area (Å²) in [5, 5.41) is 13.9. The first-order valence-corrected chi connectivity index (χ1v) is 9.85. The van der Waals surface area contributed by atoms with Gasteiger partial charge in [0.05, 0.1) is 12.1 Å². The molecular formula is C20H29Cl2N5. The van der Waals surface area contributed by atoms with E-state index in [-0.39, 0.29) is 17.5 Å². The van der Waals surface area contributed by atoms with E-state index in [1.165, 1.54) is 0 Å². The zero-order chi connectivity index (χ0) is 20.4. The van der Waals surface area contributed by atoms with Gasteiger partial charge >= 0.3 is 0 Å². The molecule has 5 nitrogen and oxygen atoms in total. The van der Waals surface area contributed by atoms with Crippen LogP contribution in [0.5, 0.6) is 0 Å². The van der Waals surface area contributed by atoms with Gasteiger partial charge in [-0.2, -0.15) is 0 Å². The van der Waals surface area contributed by atoms with E-state index < -0.39 is 0 Å². The van der Waals surface area contributed by atoms with E-state index in [0.717, 1.165) is 11.4 Å². The number of tetrazole rings is 1. The van der Waals surface area contributed by atoms with Gasteiger partial charge in [0.1, 0.15) is 0 Å². The molecule has 0 saturated carbocycles. The molecule has 0 saturated heterocycles. The SMILES string of the molecule is CC(C)[C@H](c1nnnn1[C@H](/C=C/c1ccc(Cl)cc1Cl)C(C)(C)C)N(C)C. The zero-order valence-electron chi connectivity index (χ0n) is 17.1. The molecule has 2 aromatic rings. The van der Waals surface area contributed by atoms with E-state index in [9.17, 15) is 0 Å². The van der Waals surface area contributed by atoms with Crippen LogP contribution in [-0.2, 0) is 0 Å². The number of aromatic nitrogens is 4. The Hall–Kier alpha value is -1.43. The van der Waals surface area contributed by atoms with Crippen LogP contribution in [0, 0.1) is 11.3 Å². The normalized spacial score (nSPS) is 15.1. The van der Waals surface area contributed by atoms with E-state index >= 15 is 0 Å². The Morgan fingerprint density at radius 3 is 2.33 bits per heavy atom. The van der Waals surface area contributed by atoms with Gasteiger partial charge in [0.25, 0.3) is 0 Å². The molecule has 1 aromatic carbocycles. The van der Waals surface area contributed by atoms with Gasteiger partial charge in [-0.1, -0.05) is 76.0 Å². The molecule has 148 valence electrons. The summed E-state index contributed by atoms with van der Waals surface area (Å²) in [4.78, 5) is 2.16. The monoisotopic (exact) mass is 409 g/mol. The lowest BCUT2D eigenvalue weighted by Crippen LogP contribution is -2.32. The number of hydrogen-bond acceptors (Lipinski definition) is 4. The minimum Gasteiger partial charge on any atom is -0.299 e. The van der Waals surface area contributed by atoms with Crippen molar-refractivity contribution in [2.75, 3.05) is 14.1 Å². The summed E-state index contributed by atoms with van der Waals surface area (Å²) >= 11 is 12.3. The van der Waals surface area contributed by atoms with Gasteiger partial charge in [-0.15, -0.1) is 5.10 Å². The quantitative estimate of drug-likeness (QED) is 0.627. The highest BCUT2D eigenvalue weighted by atomic mass is 35.5. The summed E-state index contributed by atoms with van der Waals surface area (Å²) in [6.45, 7) is 10.9. The van der Waals surface area contributed by atoms with Gasteiger partial charge in [-0.3, -0.25) is 4.90 Å². The van der Waals surface area contributed by atoms with Crippen LogP contribution < -0.4 is 0 Å². The van der Waals surface area contributed by atoms with Gasteiger partial charge in [0, 0.05) is 10.0 Å². The van der Waals surface area contributed by atoms with E-state index in [4.69, 9.17) is 23.2 Å². The fourth-order valence-corrected chi connectivity index (χ4v) is 3.76. The Morgan fingerprint density at radius 1 is 1.15 bits per heavy atom. The molecule has 2 atom stereocenters. The van der Waals surface area contributed by atoms with Crippen LogP contribution in [0.3, 0.4) is 0 Å².